The van der Waals surface area contributed by atoms with Gasteiger partial charge in [-0.25, -0.2) is 0 Å². The van der Waals surface area contributed by atoms with Crippen molar-refractivity contribution < 1.29 is 5.11 Å². The molecule has 0 saturated carbocycles. The lowest BCUT2D eigenvalue weighted by molar-refractivity contribution is 0.474. The van der Waals surface area contributed by atoms with Crippen LogP contribution in [0.4, 0.5) is 0 Å². The molecule has 0 unspecified atom stereocenters. The zero-order valence-corrected chi connectivity index (χ0v) is 6.62. The van der Waals surface area contributed by atoms with E-state index in [4.69, 9.17) is 16.1 Å². The number of phenolic OH excluding ortho intramolecular Hbond substituents is 1. The second kappa shape index (κ2) is 3.74. The summed E-state index contributed by atoms with van der Waals surface area (Å²) >= 11 is 0. The summed E-state index contributed by atoms with van der Waals surface area (Å²) in [4.78, 5) is 0. The zero-order valence-electron chi connectivity index (χ0n) is 6.62. The molecule has 3 heteroatoms. The predicted molar refractivity (Wildman–Crippen MR) is 45.6 cm³/mol. The van der Waals surface area contributed by atoms with E-state index in [9.17, 15) is 0 Å². The Morgan fingerprint density at radius 2 is 2.17 bits per heavy atom. The Bertz CT molecular complexity index is 315. The maximum Gasteiger partial charge on any atom is 0.117 e. The van der Waals surface area contributed by atoms with Crippen LogP contribution in [-0.4, -0.2) is 11.7 Å². The number of nitriles is 1. The van der Waals surface area contributed by atoms with Crippen molar-refractivity contribution >= 4 is 0 Å². The molecule has 0 radical (unpaired) electrons. The summed E-state index contributed by atoms with van der Waals surface area (Å²) in [7, 11) is 0. The van der Waals surface area contributed by atoms with E-state index >= 15 is 0 Å². The number of phenols is 1. The van der Waals surface area contributed by atoms with Crippen molar-refractivity contribution in [3.05, 3.63) is 29.3 Å². The van der Waals surface area contributed by atoms with E-state index in [1.165, 1.54) is 6.07 Å². The number of hydrogen-bond donors (Lipinski definition) is 2. The van der Waals surface area contributed by atoms with Gasteiger partial charge < -0.3 is 10.8 Å². The molecule has 1 rings (SSSR count). The van der Waals surface area contributed by atoms with E-state index < -0.39 is 0 Å². The lowest BCUT2D eigenvalue weighted by Gasteiger charge is -1.99. The maximum absolute atomic E-state index is 9.16. The molecule has 0 aliphatic rings. The number of nitrogens with zero attached hydrogens (tertiary/aromatic N) is 1. The molecular weight excluding hydrogens is 152 g/mol. The van der Waals surface area contributed by atoms with Crippen molar-refractivity contribution in [1.82, 2.24) is 0 Å². The van der Waals surface area contributed by atoms with E-state index in [1.807, 2.05) is 6.07 Å². The Balaban J connectivity index is 3.00. The molecule has 0 aliphatic carbocycles. The monoisotopic (exact) mass is 162 g/mol. The quantitative estimate of drug-likeness (QED) is 0.674. The molecule has 0 amide bonds. The molecule has 0 atom stereocenters. The van der Waals surface area contributed by atoms with Crippen LogP contribution in [-0.2, 0) is 6.42 Å². The first-order valence-electron chi connectivity index (χ1n) is 3.69. The van der Waals surface area contributed by atoms with Crippen molar-refractivity contribution in [2.45, 2.75) is 6.42 Å². The Morgan fingerprint density at radius 3 is 2.75 bits per heavy atom. The standard InChI is InChI=1S/C9H10N2O/c10-2-1-7-3-8(6-11)5-9(12)4-7/h3-5,12H,1-2,10H2. The van der Waals surface area contributed by atoms with Crippen LogP contribution in [0.15, 0.2) is 18.2 Å². The molecule has 0 bridgehead atoms. The number of nitrogens with two attached hydrogens (primary N) is 1. The van der Waals surface area contributed by atoms with Gasteiger partial charge in [0.1, 0.15) is 5.75 Å². The van der Waals surface area contributed by atoms with Gasteiger partial charge in [0.15, 0.2) is 0 Å². The molecule has 3 N–H and O–H groups in total. The number of benzene rings is 1. The molecule has 0 fully saturated rings. The van der Waals surface area contributed by atoms with Crippen molar-refractivity contribution in [2.24, 2.45) is 5.73 Å². The first kappa shape index (κ1) is 8.57. The van der Waals surface area contributed by atoms with Crippen LogP contribution in [0.3, 0.4) is 0 Å². The molecule has 62 valence electrons. The summed E-state index contributed by atoms with van der Waals surface area (Å²) < 4.78 is 0. The molecule has 0 heterocycles. The molecule has 12 heavy (non-hydrogen) atoms. The highest BCUT2D eigenvalue weighted by molar-refractivity contribution is 5.40. The SMILES string of the molecule is N#Cc1cc(O)cc(CCN)c1. The van der Waals surface area contributed by atoms with Gasteiger partial charge >= 0.3 is 0 Å². The summed E-state index contributed by atoms with van der Waals surface area (Å²) in [5, 5.41) is 17.7. The second-order valence-electron chi connectivity index (χ2n) is 2.54. The molecular formula is C9H10N2O. The van der Waals surface area contributed by atoms with Gasteiger partial charge in [0.25, 0.3) is 0 Å². The summed E-state index contributed by atoms with van der Waals surface area (Å²) in [6.45, 7) is 0.522. The van der Waals surface area contributed by atoms with Crippen molar-refractivity contribution in [3.8, 4) is 11.8 Å². The molecule has 0 spiro atoms. The van der Waals surface area contributed by atoms with Crippen molar-refractivity contribution in [1.29, 1.82) is 5.26 Å². The average Bonchev–Trinajstić information content (AvgIpc) is 2.04. The van der Waals surface area contributed by atoms with Crippen LogP contribution in [0.25, 0.3) is 0 Å². The zero-order chi connectivity index (χ0) is 8.97. The van der Waals surface area contributed by atoms with Gasteiger partial charge in [-0.15, -0.1) is 0 Å². The van der Waals surface area contributed by atoms with E-state index in [1.54, 1.807) is 12.1 Å². The lowest BCUT2D eigenvalue weighted by atomic mass is 10.1. The normalized spacial score (nSPS) is 9.33. The fourth-order valence-electron chi connectivity index (χ4n) is 1.05. The highest BCUT2D eigenvalue weighted by Gasteiger charge is 1.98. The Labute approximate surface area is 71.1 Å². The van der Waals surface area contributed by atoms with Gasteiger partial charge in [-0.2, -0.15) is 5.26 Å². The lowest BCUT2D eigenvalue weighted by Crippen LogP contribution is -2.02. The van der Waals surface area contributed by atoms with Gasteiger partial charge in [-0.05, 0) is 36.7 Å². The van der Waals surface area contributed by atoms with Gasteiger partial charge in [-0.3, -0.25) is 0 Å². The minimum absolute atomic E-state index is 0.123. The van der Waals surface area contributed by atoms with Crippen molar-refractivity contribution in [3.63, 3.8) is 0 Å². The van der Waals surface area contributed by atoms with E-state index in [0.717, 1.165) is 5.56 Å². The number of rotatable bonds is 2. The van der Waals surface area contributed by atoms with Crippen LogP contribution in [0.2, 0.25) is 0 Å². The average molecular weight is 162 g/mol. The largest absolute Gasteiger partial charge is 0.508 e. The fraction of sp³-hybridized carbons (Fsp3) is 0.222. The van der Waals surface area contributed by atoms with Gasteiger partial charge in [0, 0.05) is 0 Å². The highest BCUT2D eigenvalue weighted by Crippen LogP contribution is 2.14. The molecule has 0 aliphatic heterocycles. The van der Waals surface area contributed by atoms with Crippen LogP contribution < -0.4 is 5.73 Å². The third-order valence-electron chi connectivity index (χ3n) is 1.54. The van der Waals surface area contributed by atoms with Crippen LogP contribution in [0.1, 0.15) is 11.1 Å². The number of aromatic hydroxyl groups is 1. The molecule has 0 saturated heterocycles. The van der Waals surface area contributed by atoms with Crippen LogP contribution >= 0.6 is 0 Å². The third kappa shape index (κ3) is 1.97. The Hall–Kier alpha value is -1.53. The highest BCUT2D eigenvalue weighted by atomic mass is 16.3. The first-order chi connectivity index (χ1) is 5.76. The smallest absolute Gasteiger partial charge is 0.117 e. The topological polar surface area (TPSA) is 70.0 Å². The molecule has 1 aromatic carbocycles. The summed E-state index contributed by atoms with van der Waals surface area (Å²) in [5.41, 5.74) is 6.71. The van der Waals surface area contributed by atoms with Gasteiger partial charge in [-0.1, -0.05) is 0 Å². The molecule has 0 aromatic heterocycles. The Kier molecular flexibility index (Phi) is 2.67. The van der Waals surface area contributed by atoms with E-state index in [2.05, 4.69) is 0 Å². The molecule has 3 nitrogen and oxygen atoms in total. The minimum atomic E-state index is 0.123. The Morgan fingerprint density at radius 1 is 1.42 bits per heavy atom. The van der Waals surface area contributed by atoms with E-state index in [-0.39, 0.29) is 5.75 Å². The molecule has 1 aromatic rings. The third-order valence-corrected chi connectivity index (χ3v) is 1.54. The van der Waals surface area contributed by atoms with Crippen LogP contribution in [0.5, 0.6) is 5.75 Å². The maximum atomic E-state index is 9.16. The predicted octanol–water partition coefficient (Wildman–Crippen LogP) is 0.765. The summed E-state index contributed by atoms with van der Waals surface area (Å²) in [5.74, 6) is 0.123. The fourth-order valence-corrected chi connectivity index (χ4v) is 1.05. The summed E-state index contributed by atoms with van der Waals surface area (Å²) in [6, 6.07) is 6.74. The van der Waals surface area contributed by atoms with E-state index in [0.29, 0.717) is 18.5 Å². The first-order valence-corrected chi connectivity index (χ1v) is 3.69. The van der Waals surface area contributed by atoms with Crippen LogP contribution in [0, 0.1) is 11.3 Å². The van der Waals surface area contributed by atoms with Gasteiger partial charge in [0.2, 0.25) is 0 Å². The minimum Gasteiger partial charge on any atom is -0.508 e. The van der Waals surface area contributed by atoms with Crippen molar-refractivity contribution in [2.75, 3.05) is 6.54 Å². The summed E-state index contributed by atoms with van der Waals surface area (Å²) in [6.07, 6.45) is 0.684. The second-order valence-corrected chi connectivity index (χ2v) is 2.54. The number of hydrogen-bond acceptors (Lipinski definition) is 3. The van der Waals surface area contributed by atoms with Gasteiger partial charge in [0.05, 0.1) is 11.6 Å².